The summed E-state index contributed by atoms with van der Waals surface area (Å²) in [5.41, 5.74) is 1.95. The highest BCUT2D eigenvalue weighted by molar-refractivity contribution is 5.82. The molecule has 0 aliphatic heterocycles. The molecular weight excluding hydrogens is 302 g/mol. The summed E-state index contributed by atoms with van der Waals surface area (Å²) in [5.74, 6) is 1.45. The number of benzene rings is 2. The third kappa shape index (κ3) is 2.82. The number of rotatable bonds is 4. The molecule has 0 radical (unpaired) electrons. The zero-order chi connectivity index (χ0) is 17.1. The van der Waals surface area contributed by atoms with Crippen LogP contribution in [-0.2, 0) is 6.54 Å². The second kappa shape index (κ2) is 6.47. The van der Waals surface area contributed by atoms with Gasteiger partial charge in [-0.15, -0.1) is 0 Å². The third-order valence-electron chi connectivity index (χ3n) is 3.99. The molecule has 5 nitrogen and oxygen atoms in total. The quantitative estimate of drug-likeness (QED) is 0.803. The smallest absolute Gasteiger partial charge is 0.133 e. The van der Waals surface area contributed by atoms with Gasteiger partial charge in [0.1, 0.15) is 17.0 Å². The Bertz CT molecular complexity index is 1000. The number of fused-ring (bicyclic) bond motifs is 1. The lowest BCUT2D eigenvalue weighted by atomic mass is 10.1. The second-order valence-electron chi connectivity index (χ2n) is 5.38. The number of nitrogens with one attached hydrogen (secondary N) is 1. The SMILES string of the molecule is COc1ccc(Cn2ccc3cc(C#N)ccc3c2=N)c(OC)c1. The largest absolute Gasteiger partial charge is 0.497 e. The minimum absolute atomic E-state index is 0.398. The highest BCUT2D eigenvalue weighted by Crippen LogP contribution is 2.25. The number of hydrogen-bond acceptors (Lipinski definition) is 4. The van der Waals surface area contributed by atoms with E-state index in [-0.39, 0.29) is 0 Å². The summed E-state index contributed by atoms with van der Waals surface area (Å²) in [6.07, 6.45) is 1.86. The molecule has 1 aromatic heterocycles. The number of methoxy groups -OCH3 is 2. The molecule has 0 unspecified atom stereocenters. The molecule has 3 aromatic rings. The molecule has 1 N–H and O–H groups in total. The van der Waals surface area contributed by atoms with E-state index in [0.717, 1.165) is 27.8 Å². The van der Waals surface area contributed by atoms with Gasteiger partial charge in [0.25, 0.3) is 0 Å². The van der Waals surface area contributed by atoms with E-state index >= 15 is 0 Å². The van der Waals surface area contributed by atoms with Crippen molar-refractivity contribution in [3.8, 4) is 17.6 Å². The van der Waals surface area contributed by atoms with Crippen molar-refractivity contribution in [2.45, 2.75) is 6.54 Å². The molecule has 120 valence electrons. The Morgan fingerprint density at radius 2 is 1.92 bits per heavy atom. The van der Waals surface area contributed by atoms with Crippen LogP contribution in [0.25, 0.3) is 10.8 Å². The molecular formula is C19H17N3O2. The van der Waals surface area contributed by atoms with Gasteiger partial charge in [0.05, 0.1) is 32.4 Å². The number of nitriles is 1. The van der Waals surface area contributed by atoms with E-state index in [1.807, 2.05) is 41.1 Å². The van der Waals surface area contributed by atoms with Gasteiger partial charge < -0.3 is 14.0 Å². The highest BCUT2D eigenvalue weighted by Gasteiger charge is 2.07. The average molecular weight is 319 g/mol. The summed E-state index contributed by atoms with van der Waals surface area (Å²) in [4.78, 5) is 0. The number of ether oxygens (including phenoxy) is 2. The number of aromatic nitrogens is 1. The van der Waals surface area contributed by atoms with Crippen LogP contribution in [0.15, 0.2) is 48.7 Å². The summed E-state index contributed by atoms with van der Waals surface area (Å²) in [6, 6.07) is 15.0. The molecule has 3 rings (SSSR count). The standard InChI is InChI=1S/C19H17N3O2/c1-23-16-5-4-15(18(10-16)24-2)12-22-8-7-14-9-13(11-20)3-6-17(14)19(22)21/h3-10,21H,12H2,1-2H3. The van der Waals surface area contributed by atoms with E-state index in [2.05, 4.69) is 6.07 Å². The molecule has 0 saturated heterocycles. The maximum atomic E-state index is 8.99. The Kier molecular flexibility index (Phi) is 4.21. The predicted molar refractivity (Wildman–Crippen MR) is 91.2 cm³/mol. The van der Waals surface area contributed by atoms with Gasteiger partial charge in [-0.3, -0.25) is 5.41 Å². The van der Waals surface area contributed by atoms with Crippen molar-refractivity contribution in [1.82, 2.24) is 4.57 Å². The highest BCUT2D eigenvalue weighted by atomic mass is 16.5. The van der Waals surface area contributed by atoms with Gasteiger partial charge in [0, 0.05) is 23.2 Å². The Labute approximate surface area is 139 Å². The van der Waals surface area contributed by atoms with Crippen LogP contribution in [0, 0.1) is 16.7 Å². The first kappa shape index (κ1) is 15.6. The Morgan fingerprint density at radius 1 is 1.08 bits per heavy atom. The van der Waals surface area contributed by atoms with E-state index < -0.39 is 0 Å². The number of nitrogens with zero attached hydrogens (tertiary/aromatic N) is 2. The lowest BCUT2D eigenvalue weighted by Gasteiger charge is -2.13. The van der Waals surface area contributed by atoms with Gasteiger partial charge in [0.2, 0.25) is 0 Å². The van der Waals surface area contributed by atoms with Gasteiger partial charge in [0.15, 0.2) is 0 Å². The maximum absolute atomic E-state index is 8.99. The van der Waals surface area contributed by atoms with Gasteiger partial charge in [-0.25, -0.2) is 0 Å². The molecule has 0 saturated carbocycles. The van der Waals surface area contributed by atoms with Crippen LogP contribution < -0.4 is 15.0 Å². The predicted octanol–water partition coefficient (Wildman–Crippen LogP) is 3.06. The molecule has 1 heterocycles. The molecule has 0 aliphatic carbocycles. The molecule has 2 aromatic carbocycles. The van der Waals surface area contributed by atoms with Crippen molar-refractivity contribution in [2.75, 3.05) is 14.2 Å². The van der Waals surface area contributed by atoms with Crippen LogP contribution in [0.2, 0.25) is 0 Å². The zero-order valence-electron chi connectivity index (χ0n) is 13.5. The Balaban J connectivity index is 2.04. The van der Waals surface area contributed by atoms with Crippen molar-refractivity contribution in [1.29, 1.82) is 10.7 Å². The molecule has 0 atom stereocenters. The van der Waals surface area contributed by atoms with Gasteiger partial charge in [-0.05, 0) is 41.8 Å². The van der Waals surface area contributed by atoms with E-state index in [1.54, 1.807) is 26.4 Å². The second-order valence-corrected chi connectivity index (χ2v) is 5.38. The van der Waals surface area contributed by atoms with Crippen LogP contribution in [0.4, 0.5) is 0 Å². The van der Waals surface area contributed by atoms with E-state index in [9.17, 15) is 0 Å². The van der Waals surface area contributed by atoms with Crippen molar-refractivity contribution >= 4 is 10.8 Å². The number of pyridine rings is 1. The monoisotopic (exact) mass is 319 g/mol. The number of hydrogen-bond donors (Lipinski definition) is 1. The Morgan fingerprint density at radius 3 is 2.62 bits per heavy atom. The first-order valence-electron chi connectivity index (χ1n) is 7.45. The van der Waals surface area contributed by atoms with Crippen molar-refractivity contribution < 1.29 is 9.47 Å². The fourth-order valence-corrected chi connectivity index (χ4v) is 2.68. The lowest BCUT2D eigenvalue weighted by molar-refractivity contribution is 0.390. The van der Waals surface area contributed by atoms with Crippen LogP contribution in [-0.4, -0.2) is 18.8 Å². The van der Waals surface area contributed by atoms with Crippen LogP contribution in [0.1, 0.15) is 11.1 Å². The normalized spacial score (nSPS) is 10.4. The van der Waals surface area contributed by atoms with Crippen LogP contribution in [0.5, 0.6) is 11.5 Å². The first-order valence-corrected chi connectivity index (χ1v) is 7.45. The summed E-state index contributed by atoms with van der Waals surface area (Å²) in [7, 11) is 3.23. The lowest BCUT2D eigenvalue weighted by Crippen LogP contribution is -2.20. The topological polar surface area (TPSA) is 71.0 Å². The average Bonchev–Trinajstić information content (AvgIpc) is 2.63. The van der Waals surface area contributed by atoms with Gasteiger partial charge >= 0.3 is 0 Å². The summed E-state index contributed by atoms with van der Waals surface area (Å²) >= 11 is 0. The van der Waals surface area contributed by atoms with E-state index in [4.69, 9.17) is 20.1 Å². The minimum atomic E-state index is 0.398. The summed E-state index contributed by atoms with van der Waals surface area (Å²) < 4.78 is 12.5. The van der Waals surface area contributed by atoms with Crippen molar-refractivity contribution in [3.63, 3.8) is 0 Å². The van der Waals surface area contributed by atoms with E-state index in [1.165, 1.54) is 0 Å². The fourth-order valence-electron chi connectivity index (χ4n) is 2.68. The van der Waals surface area contributed by atoms with Gasteiger partial charge in [-0.1, -0.05) is 0 Å². The van der Waals surface area contributed by atoms with Crippen LogP contribution in [0.3, 0.4) is 0 Å². The third-order valence-corrected chi connectivity index (χ3v) is 3.99. The van der Waals surface area contributed by atoms with Crippen molar-refractivity contribution in [3.05, 3.63) is 65.3 Å². The summed E-state index contributed by atoms with van der Waals surface area (Å²) in [6.45, 7) is 0.516. The molecule has 0 spiro atoms. The Hall–Kier alpha value is -3.26. The van der Waals surface area contributed by atoms with Gasteiger partial charge in [-0.2, -0.15) is 5.26 Å². The fraction of sp³-hybridized carbons (Fsp3) is 0.158. The summed E-state index contributed by atoms with van der Waals surface area (Å²) in [5, 5.41) is 19.1. The molecule has 0 bridgehead atoms. The van der Waals surface area contributed by atoms with Crippen LogP contribution >= 0.6 is 0 Å². The van der Waals surface area contributed by atoms with Crippen molar-refractivity contribution in [2.24, 2.45) is 0 Å². The first-order chi connectivity index (χ1) is 11.7. The molecule has 0 fully saturated rings. The molecule has 0 aliphatic rings. The van der Waals surface area contributed by atoms with E-state index in [0.29, 0.717) is 17.6 Å². The zero-order valence-corrected chi connectivity index (χ0v) is 13.5. The minimum Gasteiger partial charge on any atom is -0.497 e. The maximum Gasteiger partial charge on any atom is 0.133 e. The molecule has 0 amide bonds. The molecule has 24 heavy (non-hydrogen) atoms. The molecule has 5 heteroatoms.